The number of aliphatic hydroxyl groups is 1. The van der Waals surface area contributed by atoms with E-state index in [2.05, 4.69) is 6.92 Å². The van der Waals surface area contributed by atoms with E-state index in [-0.39, 0.29) is 18.9 Å². The van der Waals surface area contributed by atoms with Gasteiger partial charge in [0, 0.05) is 16.9 Å². The SMILES string of the molecule is CCCCCCCC(CI)(OCCCC(CO)(CCl)C(=O)O)C(=O)O. The highest BCUT2D eigenvalue weighted by Gasteiger charge is 2.39. The van der Waals surface area contributed by atoms with E-state index >= 15 is 0 Å². The monoisotopic (exact) mass is 492 g/mol. The van der Waals surface area contributed by atoms with Gasteiger partial charge in [-0.15, -0.1) is 11.6 Å². The molecule has 0 amide bonds. The molecule has 0 aromatic rings. The quantitative estimate of drug-likeness (QED) is 0.172. The lowest BCUT2D eigenvalue weighted by molar-refractivity contribution is -0.164. The number of unbranched alkanes of at least 4 members (excludes halogenated alkanes) is 4. The van der Waals surface area contributed by atoms with E-state index in [0.717, 1.165) is 32.1 Å². The van der Waals surface area contributed by atoms with Crippen molar-refractivity contribution in [1.82, 2.24) is 0 Å². The Balaban J connectivity index is 4.58. The lowest BCUT2D eigenvalue weighted by Crippen LogP contribution is -2.44. The molecule has 0 heterocycles. The van der Waals surface area contributed by atoms with Gasteiger partial charge in [-0.3, -0.25) is 4.79 Å². The van der Waals surface area contributed by atoms with Gasteiger partial charge in [0.25, 0.3) is 0 Å². The third-order valence-corrected chi connectivity index (χ3v) is 6.22. The second-order valence-corrected chi connectivity index (χ2v) is 7.46. The minimum atomic E-state index is -1.40. The average Bonchev–Trinajstić information content (AvgIpc) is 2.59. The summed E-state index contributed by atoms with van der Waals surface area (Å²) in [4.78, 5) is 23.0. The van der Waals surface area contributed by atoms with E-state index in [1.807, 2.05) is 22.6 Å². The number of aliphatic carboxylic acids is 2. The third kappa shape index (κ3) is 7.97. The highest BCUT2D eigenvalue weighted by molar-refractivity contribution is 14.1. The summed E-state index contributed by atoms with van der Waals surface area (Å²) in [5.74, 6) is -2.34. The molecule has 0 saturated heterocycles. The van der Waals surface area contributed by atoms with Crippen molar-refractivity contribution in [3.8, 4) is 0 Å². The molecule has 0 aliphatic heterocycles. The molecule has 0 aromatic heterocycles. The number of carboxylic acids is 2. The van der Waals surface area contributed by atoms with Crippen LogP contribution in [0.2, 0.25) is 0 Å². The van der Waals surface area contributed by atoms with E-state index in [4.69, 9.17) is 16.3 Å². The largest absolute Gasteiger partial charge is 0.481 e. The molecular formula is C17H30ClIO6. The Labute approximate surface area is 168 Å². The van der Waals surface area contributed by atoms with Gasteiger partial charge in [0.15, 0.2) is 5.60 Å². The van der Waals surface area contributed by atoms with Crippen LogP contribution in [0, 0.1) is 5.41 Å². The Hall–Kier alpha value is -0.120. The van der Waals surface area contributed by atoms with Crippen LogP contribution in [0.5, 0.6) is 0 Å². The van der Waals surface area contributed by atoms with Gasteiger partial charge in [0.05, 0.1) is 6.61 Å². The summed E-state index contributed by atoms with van der Waals surface area (Å²) in [5, 5.41) is 28.1. The second-order valence-electron chi connectivity index (χ2n) is 6.43. The van der Waals surface area contributed by atoms with Crippen LogP contribution in [0.15, 0.2) is 0 Å². The van der Waals surface area contributed by atoms with Gasteiger partial charge in [-0.05, 0) is 25.7 Å². The van der Waals surface area contributed by atoms with Gasteiger partial charge in [-0.25, -0.2) is 4.79 Å². The Morgan fingerprint density at radius 3 is 2.12 bits per heavy atom. The summed E-state index contributed by atoms with van der Waals surface area (Å²) in [6, 6.07) is 0. The molecule has 0 aliphatic rings. The zero-order chi connectivity index (χ0) is 19.3. The average molecular weight is 493 g/mol. The van der Waals surface area contributed by atoms with E-state index in [0.29, 0.717) is 17.3 Å². The van der Waals surface area contributed by atoms with E-state index in [9.17, 15) is 24.9 Å². The first kappa shape index (κ1) is 24.9. The first-order valence-corrected chi connectivity index (χ1v) is 10.7. The number of alkyl halides is 2. The summed E-state index contributed by atoms with van der Waals surface area (Å²) >= 11 is 7.72. The molecule has 0 spiro atoms. The zero-order valence-electron chi connectivity index (χ0n) is 14.8. The molecule has 0 fully saturated rings. The third-order valence-electron chi connectivity index (χ3n) is 4.48. The molecule has 25 heavy (non-hydrogen) atoms. The normalized spacial score (nSPS) is 16.2. The van der Waals surface area contributed by atoms with Crippen LogP contribution in [0.1, 0.15) is 58.3 Å². The summed E-state index contributed by atoms with van der Waals surface area (Å²) < 4.78 is 6.01. The van der Waals surface area contributed by atoms with Crippen LogP contribution < -0.4 is 0 Å². The number of hydrogen-bond acceptors (Lipinski definition) is 4. The van der Waals surface area contributed by atoms with Gasteiger partial charge in [-0.1, -0.05) is 55.2 Å². The van der Waals surface area contributed by atoms with Crippen LogP contribution in [0.25, 0.3) is 0 Å². The van der Waals surface area contributed by atoms with Crippen LogP contribution in [0.3, 0.4) is 0 Å². The molecular weight excluding hydrogens is 463 g/mol. The highest BCUT2D eigenvalue weighted by atomic mass is 127. The second kappa shape index (κ2) is 13.1. The molecule has 0 saturated carbocycles. The van der Waals surface area contributed by atoms with Crippen molar-refractivity contribution < 1.29 is 29.6 Å². The smallest absolute Gasteiger partial charge is 0.336 e. The number of carboxylic acid groups (broad SMARTS) is 2. The van der Waals surface area contributed by atoms with Crippen LogP contribution >= 0.6 is 34.2 Å². The van der Waals surface area contributed by atoms with Crippen molar-refractivity contribution >= 4 is 46.1 Å². The lowest BCUT2D eigenvalue weighted by atomic mass is 9.86. The number of aliphatic hydroxyl groups excluding tert-OH is 1. The topological polar surface area (TPSA) is 104 Å². The fraction of sp³-hybridized carbons (Fsp3) is 0.882. The number of halogens is 2. The van der Waals surface area contributed by atoms with E-state index < -0.39 is 29.6 Å². The molecule has 0 rings (SSSR count). The Kier molecular flexibility index (Phi) is 13.0. The molecule has 2 atom stereocenters. The maximum atomic E-state index is 11.7. The van der Waals surface area contributed by atoms with Crippen molar-refractivity contribution in [1.29, 1.82) is 0 Å². The summed E-state index contributed by atoms with van der Waals surface area (Å²) in [6.07, 6.45) is 6.01. The van der Waals surface area contributed by atoms with Crippen molar-refractivity contribution in [2.24, 2.45) is 5.41 Å². The van der Waals surface area contributed by atoms with Crippen LogP contribution in [0.4, 0.5) is 0 Å². The maximum Gasteiger partial charge on any atom is 0.336 e. The molecule has 0 bridgehead atoms. The summed E-state index contributed by atoms with van der Waals surface area (Å²) in [6.45, 7) is 1.69. The van der Waals surface area contributed by atoms with Gasteiger partial charge in [-0.2, -0.15) is 0 Å². The van der Waals surface area contributed by atoms with E-state index in [1.165, 1.54) is 0 Å². The zero-order valence-corrected chi connectivity index (χ0v) is 17.7. The van der Waals surface area contributed by atoms with Gasteiger partial charge < -0.3 is 20.1 Å². The predicted molar refractivity (Wildman–Crippen MR) is 106 cm³/mol. The fourth-order valence-corrected chi connectivity index (χ4v) is 3.78. The molecule has 148 valence electrons. The van der Waals surface area contributed by atoms with Crippen LogP contribution in [-0.4, -0.2) is 56.4 Å². The number of hydrogen-bond donors (Lipinski definition) is 3. The Morgan fingerprint density at radius 1 is 1.04 bits per heavy atom. The number of rotatable bonds is 16. The highest BCUT2D eigenvalue weighted by Crippen LogP contribution is 2.28. The molecule has 2 unspecified atom stereocenters. The minimum absolute atomic E-state index is 0.121. The standard InChI is InChI=1S/C17H30ClIO6/c1-2-3-4-5-6-9-17(12-19,15(23)24)25-10-7-8-16(11-18,13-20)14(21)22/h20H,2-13H2,1H3,(H,21,22)(H,23,24). The summed E-state index contributed by atoms with van der Waals surface area (Å²) in [5.41, 5.74) is -2.64. The summed E-state index contributed by atoms with van der Waals surface area (Å²) in [7, 11) is 0. The van der Waals surface area contributed by atoms with Gasteiger partial charge in [0.1, 0.15) is 5.41 Å². The minimum Gasteiger partial charge on any atom is -0.481 e. The van der Waals surface area contributed by atoms with Crippen molar-refractivity contribution in [2.45, 2.75) is 63.9 Å². The van der Waals surface area contributed by atoms with Gasteiger partial charge >= 0.3 is 11.9 Å². The molecule has 3 N–H and O–H groups in total. The molecule has 0 radical (unpaired) electrons. The first-order valence-electron chi connectivity index (χ1n) is 8.67. The molecule has 8 heteroatoms. The van der Waals surface area contributed by atoms with Crippen molar-refractivity contribution in [3.05, 3.63) is 0 Å². The maximum absolute atomic E-state index is 11.7. The molecule has 6 nitrogen and oxygen atoms in total. The van der Waals surface area contributed by atoms with Gasteiger partial charge in [0.2, 0.25) is 0 Å². The first-order chi connectivity index (χ1) is 11.8. The fourth-order valence-electron chi connectivity index (χ4n) is 2.52. The van der Waals surface area contributed by atoms with E-state index in [1.54, 1.807) is 0 Å². The molecule has 0 aromatic carbocycles. The Morgan fingerprint density at radius 2 is 1.68 bits per heavy atom. The Bertz CT molecular complexity index is 403. The lowest BCUT2D eigenvalue weighted by Gasteiger charge is -2.29. The number of carbonyl (C=O) groups is 2. The van der Waals surface area contributed by atoms with Crippen molar-refractivity contribution in [3.63, 3.8) is 0 Å². The predicted octanol–water partition coefficient (Wildman–Crippen LogP) is 3.70. The molecule has 0 aliphatic carbocycles. The number of ether oxygens (including phenoxy) is 1. The van der Waals surface area contributed by atoms with Crippen LogP contribution in [-0.2, 0) is 14.3 Å². The van der Waals surface area contributed by atoms with Crippen molar-refractivity contribution in [2.75, 3.05) is 23.5 Å².